The van der Waals surface area contributed by atoms with Gasteiger partial charge in [0.05, 0.1) is 12.2 Å². The molecule has 0 saturated carbocycles. The molecule has 28 heavy (non-hydrogen) atoms. The van der Waals surface area contributed by atoms with Crippen molar-refractivity contribution in [3.05, 3.63) is 46.8 Å². The molecule has 0 amide bonds. The molecule has 0 spiro atoms. The summed E-state index contributed by atoms with van der Waals surface area (Å²) < 4.78 is 33.7. The number of benzene rings is 1. The highest BCUT2D eigenvalue weighted by Gasteiger charge is 2.13. The summed E-state index contributed by atoms with van der Waals surface area (Å²) in [5.41, 5.74) is 3.47. The summed E-state index contributed by atoms with van der Waals surface area (Å²) in [7, 11) is 3.64. The Balaban J connectivity index is 0.00000392. The van der Waals surface area contributed by atoms with Crippen LogP contribution >= 0.6 is 24.0 Å². The Morgan fingerprint density at radius 1 is 1.21 bits per heavy atom. The zero-order chi connectivity index (χ0) is 19.8. The molecule has 2 rings (SSSR count). The van der Waals surface area contributed by atoms with Crippen molar-refractivity contribution in [1.29, 1.82) is 0 Å². The van der Waals surface area contributed by atoms with Gasteiger partial charge in [0.2, 0.25) is 0 Å². The summed E-state index contributed by atoms with van der Waals surface area (Å²) >= 11 is 0. The van der Waals surface area contributed by atoms with Gasteiger partial charge in [-0.2, -0.15) is 5.10 Å². The molecule has 0 aliphatic rings. The number of aryl methyl sites for hydroxylation is 2. The predicted molar refractivity (Wildman–Crippen MR) is 117 cm³/mol. The van der Waals surface area contributed by atoms with Crippen molar-refractivity contribution in [2.24, 2.45) is 12.0 Å². The first kappa shape index (κ1) is 24.1. The largest absolute Gasteiger partial charge is 0.489 e. The van der Waals surface area contributed by atoms with Crippen molar-refractivity contribution in [2.75, 3.05) is 20.2 Å². The number of hydrogen-bond acceptors (Lipinski definition) is 3. The lowest BCUT2D eigenvalue weighted by Gasteiger charge is -2.13. The summed E-state index contributed by atoms with van der Waals surface area (Å²) in [5.74, 6) is -0.702. The van der Waals surface area contributed by atoms with Gasteiger partial charge < -0.3 is 15.4 Å². The Morgan fingerprint density at radius 2 is 1.96 bits per heavy atom. The minimum Gasteiger partial charge on any atom is -0.489 e. The summed E-state index contributed by atoms with van der Waals surface area (Å²) in [6.07, 6.45) is 1.78. The van der Waals surface area contributed by atoms with Crippen LogP contribution in [0.15, 0.2) is 23.2 Å². The zero-order valence-electron chi connectivity index (χ0n) is 16.7. The SMILES string of the molecule is CCc1nn(C)c(CC)c1CNC(=NC)NCCOc1ccc(F)cc1F.I. The van der Waals surface area contributed by atoms with Crippen LogP contribution < -0.4 is 15.4 Å². The van der Waals surface area contributed by atoms with Gasteiger partial charge in [-0.25, -0.2) is 8.78 Å². The van der Waals surface area contributed by atoms with E-state index in [4.69, 9.17) is 4.74 Å². The van der Waals surface area contributed by atoms with E-state index in [1.807, 2.05) is 11.7 Å². The van der Waals surface area contributed by atoms with Gasteiger partial charge in [0.15, 0.2) is 17.5 Å². The maximum Gasteiger partial charge on any atom is 0.191 e. The van der Waals surface area contributed by atoms with E-state index in [1.54, 1.807) is 7.05 Å². The fourth-order valence-electron chi connectivity index (χ4n) is 2.91. The Kier molecular flexibility index (Phi) is 10.2. The van der Waals surface area contributed by atoms with Crippen molar-refractivity contribution >= 4 is 29.9 Å². The van der Waals surface area contributed by atoms with E-state index < -0.39 is 11.6 Å². The average Bonchev–Trinajstić information content (AvgIpc) is 2.97. The molecule has 1 heterocycles. The van der Waals surface area contributed by atoms with Gasteiger partial charge in [0.25, 0.3) is 0 Å². The summed E-state index contributed by atoms with van der Waals surface area (Å²) in [6, 6.07) is 3.24. The Labute approximate surface area is 181 Å². The van der Waals surface area contributed by atoms with E-state index in [-0.39, 0.29) is 36.3 Å². The number of halogens is 3. The molecule has 2 aromatic rings. The normalized spacial score (nSPS) is 11.1. The van der Waals surface area contributed by atoms with Gasteiger partial charge in [-0.3, -0.25) is 9.67 Å². The van der Waals surface area contributed by atoms with Crippen LogP contribution in [0.3, 0.4) is 0 Å². The first-order valence-corrected chi connectivity index (χ1v) is 9.06. The van der Waals surface area contributed by atoms with Crippen molar-refractivity contribution in [3.63, 3.8) is 0 Å². The summed E-state index contributed by atoms with van der Waals surface area (Å²) in [5, 5.41) is 10.9. The third-order valence-electron chi connectivity index (χ3n) is 4.23. The van der Waals surface area contributed by atoms with E-state index in [2.05, 4.69) is 34.6 Å². The van der Waals surface area contributed by atoms with Crippen LogP contribution in [-0.4, -0.2) is 35.9 Å². The molecule has 1 aromatic carbocycles. The van der Waals surface area contributed by atoms with E-state index in [9.17, 15) is 8.78 Å². The first-order chi connectivity index (χ1) is 13.0. The van der Waals surface area contributed by atoms with E-state index in [0.29, 0.717) is 19.0 Å². The van der Waals surface area contributed by atoms with Crippen LogP contribution in [-0.2, 0) is 26.4 Å². The van der Waals surface area contributed by atoms with Gasteiger partial charge in [-0.1, -0.05) is 13.8 Å². The van der Waals surface area contributed by atoms with Crippen LogP contribution in [0.1, 0.15) is 30.8 Å². The molecular weight excluding hydrogens is 479 g/mol. The number of hydrogen-bond donors (Lipinski definition) is 2. The molecule has 0 saturated heterocycles. The maximum absolute atomic E-state index is 13.5. The lowest BCUT2D eigenvalue weighted by atomic mass is 10.1. The second kappa shape index (κ2) is 11.8. The highest BCUT2D eigenvalue weighted by Crippen LogP contribution is 2.17. The Hall–Kier alpha value is -1.91. The second-order valence-corrected chi connectivity index (χ2v) is 5.98. The molecule has 1 aromatic heterocycles. The fourth-order valence-corrected chi connectivity index (χ4v) is 2.91. The Morgan fingerprint density at radius 3 is 2.57 bits per heavy atom. The minimum atomic E-state index is -0.715. The topological polar surface area (TPSA) is 63.5 Å². The molecule has 0 bridgehead atoms. The first-order valence-electron chi connectivity index (χ1n) is 9.06. The van der Waals surface area contributed by atoms with Gasteiger partial charge in [-0.15, -0.1) is 24.0 Å². The molecular formula is C19H28F2IN5O. The highest BCUT2D eigenvalue weighted by molar-refractivity contribution is 14.0. The van der Waals surface area contributed by atoms with Crippen LogP contribution in [0.2, 0.25) is 0 Å². The number of aliphatic imine (C=N–C) groups is 1. The van der Waals surface area contributed by atoms with E-state index in [1.165, 1.54) is 17.3 Å². The summed E-state index contributed by atoms with van der Waals surface area (Å²) in [4.78, 5) is 4.18. The van der Waals surface area contributed by atoms with Crippen LogP contribution in [0.4, 0.5) is 8.78 Å². The van der Waals surface area contributed by atoms with Gasteiger partial charge in [-0.05, 0) is 25.0 Å². The third-order valence-corrected chi connectivity index (χ3v) is 4.23. The lowest BCUT2D eigenvalue weighted by Crippen LogP contribution is -2.39. The van der Waals surface area contributed by atoms with Gasteiger partial charge in [0, 0.05) is 38.0 Å². The van der Waals surface area contributed by atoms with Crippen molar-refractivity contribution in [3.8, 4) is 5.75 Å². The third kappa shape index (κ3) is 6.32. The second-order valence-electron chi connectivity index (χ2n) is 5.98. The van der Waals surface area contributed by atoms with E-state index in [0.717, 1.165) is 30.7 Å². The standard InChI is InChI=1S/C19H27F2N5O.HI/c1-5-16-14(17(6-2)26(4)25-16)12-24-19(22-3)23-9-10-27-18-8-7-13(20)11-15(18)21;/h7-8,11H,5-6,9-10,12H2,1-4H3,(H2,22,23,24);1H. The Bertz CT molecular complexity index is 795. The number of guanidine groups is 1. The molecule has 0 atom stereocenters. The molecule has 0 radical (unpaired) electrons. The molecule has 2 N–H and O–H groups in total. The highest BCUT2D eigenvalue weighted by atomic mass is 127. The molecule has 9 heteroatoms. The molecule has 156 valence electrons. The quantitative estimate of drug-likeness (QED) is 0.250. The predicted octanol–water partition coefficient (Wildman–Crippen LogP) is 3.19. The van der Waals surface area contributed by atoms with Crippen molar-refractivity contribution in [1.82, 2.24) is 20.4 Å². The van der Waals surface area contributed by atoms with Crippen LogP contribution in [0.5, 0.6) is 5.75 Å². The monoisotopic (exact) mass is 507 g/mol. The fraction of sp³-hybridized carbons (Fsp3) is 0.474. The molecule has 0 fully saturated rings. The smallest absolute Gasteiger partial charge is 0.191 e. The minimum absolute atomic E-state index is 0. The lowest BCUT2D eigenvalue weighted by molar-refractivity contribution is 0.304. The zero-order valence-corrected chi connectivity index (χ0v) is 19.0. The number of rotatable bonds is 8. The summed E-state index contributed by atoms with van der Waals surface area (Å²) in [6.45, 7) is 5.46. The maximum atomic E-state index is 13.5. The number of nitrogens with zero attached hydrogens (tertiary/aromatic N) is 3. The van der Waals surface area contributed by atoms with Gasteiger partial charge in [0.1, 0.15) is 12.4 Å². The van der Waals surface area contributed by atoms with Crippen LogP contribution in [0, 0.1) is 11.6 Å². The van der Waals surface area contributed by atoms with Gasteiger partial charge >= 0.3 is 0 Å². The molecule has 6 nitrogen and oxygen atoms in total. The molecule has 0 unspecified atom stereocenters. The molecule has 0 aliphatic heterocycles. The van der Waals surface area contributed by atoms with Crippen LogP contribution in [0.25, 0.3) is 0 Å². The number of ether oxygens (including phenoxy) is 1. The van der Waals surface area contributed by atoms with Crippen molar-refractivity contribution < 1.29 is 13.5 Å². The average molecular weight is 507 g/mol. The number of aromatic nitrogens is 2. The van der Waals surface area contributed by atoms with E-state index >= 15 is 0 Å². The molecule has 0 aliphatic carbocycles. The number of nitrogens with one attached hydrogen (secondary N) is 2. The van der Waals surface area contributed by atoms with Crippen molar-refractivity contribution in [2.45, 2.75) is 33.2 Å².